The van der Waals surface area contributed by atoms with Crippen LogP contribution in [-0.4, -0.2) is 23.1 Å². The Kier molecular flexibility index (Phi) is 4.21. The summed E-state index contributed by atoms with van der Waals surface area (Å²) in [5.41, 5.74) is 1.32. The molecule has 1 heterocycles. The second kappa shape index (κ2) is 5.91. The number of rotatable bonds is 4. The number of carboxylic acid groups (broad SMARTS) is 1. The van der Waals surface area contributed by atoms with E-state index in [1.54, 1.807) is 37.1 Å². The zero-order chi connectivity index (χ0) is 15.6. The number of anilines is 1. The number of carboxylic acids is 1. The number of hydrogen-bond acceptors (Lipinski definition) is 3. The lowest BCUT2D eigenvalue weighted by molar-refractivity contribution is 0.0696. The summed E-state index contributed by atoms with van der Waals surface area (Å²) < 4.78 is 13.9. The molecule has 1 aromatic carbocycles. The maximum atomic E-state index is 13.9. The van der Waals surface area contributed by atoms with Crippen LogP contribution < -0.4 is 4.90 Å². The summed E-state index contributed by atoms with van der Waals surface area (Å²) in [5, 5.41) is 9.11. The molecule has 0 radical (unpaired) electrons. The number of aromatic nitrogens is 1. The highest BCUT2D eigenvalue weighted by molar-refractivity contribution is 5.88. The molecule has 2 rings (SSSR count). The summed E-state index contributed by atoms with van der Waals surface area (Å²) in [6.07, 6.45) is 0. The average Bonchev–Trinajstić information content (AvgIpc) is 2.45. The molecule has 0 aliphatic carbocycles. The van der Waals surface area contributed by atoms with Crippen LogP contribution in [0.2, 0.25) is 0 Å². The SMILES string of the molecule is Cc1cc(C(=O)O)cc(N(C)C(C)c2ccccc2F)n1. The quantitative estimate of drug-likeness (QED) is 0.936. The molecule has 5 heteroatoms. The van der Waals surface area contributed by atoms with E-state index in [0.717, 1.165) is 0 Å². The van der Waals surface area contributed by atoms with Gasteiger partial charge in [-0.25, -0.2) is 14.2 Å². The zero-order valence-electron chi connectivity index (χ0n) is 12.2. The van der Waals surface area contributed by atoms with E-state index in [4.69, 9.17) is 5.11 Å². The first-order valence-electron chi connectivity index (χ1n) is 6.59. The van der Waals surface area contributed by atoms with Crippen molar-refractivity contribution < 1.29 is 14.3 Å². The maximum absolute atomic E-state index is 13.9. The Bertz CT molecular complexity index is 673. The number of pyridine rings is 1. The number of nitrogens with zero attached hydrogens (tertiary/aromatic N) is 2. The van der Waals surface area contributed by atoms with E-state index in [-0.39, 0.29) is 17.4 Å². The minimum atomic E-state index is -1.01. The van der Waals surface area contributed by atoms with E-state index in [9.17, 15) is 9.18 Å². The molecule has 1 unspecified atom stereocenters. The molecule has 1 aromatic heterocycles. The van der Waals surface area contributed by atoms with Crippen LogP contribution >= 0.6 is 0 Å². The van der Waals surface area contributed by atoms with Crippen LogP contribution in [0.15, 0.2) is 36.4 Å². The summed E-state index contributed by atoms with van der Waals surface area (Å²) in [6.45, 7) is 3.58. The zero-order valence-corrected chi connectivity index (χ0v) is 12.2. The van der Waals surface area contributed by atoms with Crippen LogP contribution in [0.1, 0.15) is 34.6 Å². The molecule has 0 saturated heterocycles. The fraction of sp³-hybridized carbons (Fsp3) is 0.250. The third-order valence-electron chi connectivity index (χ3n) is 3.48. The second-order valence-electron chi connectivity index (χ2n) is 4.97. The highest BCUT2D eigenvalue weighted by Gasteiger charge is 2.18. The number of aryl methyl sites for hydroxylation is 1. The number of hydrogen-bond donors (Lipinski definition) is 1. The third kappa shape index (κ3) is 3.18. The van der Waals surface area contributed by atoms with E-state index in [0.29, 0.717) is 17.1 Å². The van der Waals surface area contributed by atoms with Gasteiger partial charge in [-0.05, 0) is 32.0 Å². The third-order valence-corrected chi connectivity index (χ3v) is 3.48. The Balaban J connectivity index is 2.38. The lowest BCUT2D eigenvalue weighted by Gasteiger charge is -2.27. The van der Waals surface area contributed by atoms with Gasteiger partial charge in [-0.15, -0.1) is 0 Å². The summed E-state index contributed by atoms with van der Waals surface area (Å²) in [6, 6.07) is 9.27. The van der Waals surface area contributed by atoms with Crippen LogP contribution in [0, 0.1) is 12.7 Å². The van der Waals surface area contributed by atoms with Gasteiger partial charge in [0.05, 0.1) is 11.6 Å². The molecule has 1 N–H and O–H groups in total. The lowest BCUT2D eigenvalue weighted by Crippen LogP contribution is -2.24. The molecular formula is C16H17FN2O2. The maximum Gasteiger partial charge on any atom is 0.335 e. The van der Waals surface area contributed by atoms with Gasteiger partial charge in [-0.2, -0.15) is 0 Å². The predicted molar refractivity (Wildman–Crippen MR) is 79.2 cm³/mol. The fourth-order valence-corrected chi connectivity index (χ4v) is 2.18. The van der Waals surface area contributed by atoms with E-state index >= 15 is 0 Å². The number of carbonyl (C=O) groups is 1. The smallest absolute Gasteiger partial charge is 0.335 e. The standard InChI is InChI=1S/C16H17FN2O2/c1-10-8-12(16(20)21)9-15(18-10)19(3)11(2)13-6-4-5-7-14(13)17/h4-9,11H,1-3H3,(H,20,21). The predicted octanol–water partition coefficient (Wildman–Crippen LogP) is 3.42. The van der Waals surface area contributed by atoms with Crippen molar-refractivity contribution in [2.75, 3.05) is 11.9 Å². The second-order valence-corrected chi connectivity index (χ2v) is 4.97. The van der Waals surface area contributed by atoms with E-state index in [1.807, 2.05) is 6.92 Å². The molecule has 0 saturated carbocycles. The van der Waals surface area contributed by atoms with Crippen molar-refractivity contribution in [3.8, 4) is 0 Å². The Labute approximate surface area is 122 Å². The highest BCUT2D eigenvalue weighted by Crippen LogP contribution is 2.26. The topological polar surface area (TPSA) is 53.4 Å². The minimum absolute atomic E-state index is 0.171. The molecule has 0 aliphatic rings. The van der Waals surface area contributed by atoms with Crippen molar-refractivity contribution in [3.05, 3.63) is 59.0 Å². The summed E-state index contributed by atoms with van der Waals surface area (Å²) >= 11 is 0. The lowest BCUT2D eigenvalue weighted by atomic mass is 10.1. The molecule has 4 nitrogen and oxygen atoms in total. The van der Waals surface area contributed by atoms with Crippen LogP contribution in [0.25, 0.3) is 0 Å². The average molecular weight is 288 g/mol. The normalized spacial score (nSPS) is 12.0. The van der Waals surface area contributed by atoms with Crippen molar-refractivity contribution in [3.63, 3.8) is 0 Å². The van der Waals surface area contributed by atoms with Crippen molar-refractivity contribution >= 4 is 11.8 Å². The van der Waals surface area contributed by atoms with Gasteiger partial charge >= 0.3 is 5.97 Å². The number of halogens is 1. The van der Waals surface area contributed by atoms with E-state index < -0.39 is 5.97 Å². The van der Waals surface area contributed by atoms with Gasteiger partial charge in [0.25, 0.3) is 0 Å². The molecule has 2 aromatic rings. The van der Waals surface area contributed by atoms with Gasteiger partial charge in [0, 0.05) is 18.3 Å². The van der Waals surface area contributed by atoms with Gasteiger partial charge in [-0.1, -0.05) is 18.2 Å². The first-order chi connectivity index (χ1) is 9.90. The number of aromatic carboxylic acids is 1. The van der Waals surface area contributed by atoms with E-state index in [1.165, 1.54) is 18.2 Å². The van der Waals surface area contributed by atoms with Gasteiger partial charge in [0.2, 0.25) is 0 Å². The van der Waals surface area contributed by atoms with Gasteiger partial charge in [0.15, 0.2) is 0 Å². The van der Waals surface area contributed by atoms with Crippen LogP contribution in [0.3, 0.4) is 0 Å². The highest BCUT2D eigenvalue weighted by atomic mass is 19.1. The number of benzene rings is 1. The van der Waals surface area contributed by atoms with Crippen LogP contribution in [0.5, 0.6) is 0 Å². The summed E-state index contributed by atoms with van der Waals surface area (Å²) in [5.74, 6) is -0.792. The van der Waals surface area contributed by atoms with Crippen molar-refractivity contribution in [1.29, 1.82) is 0 Å². The Morgan fingerprint density at radius 1 is 1.33 bits per heavy atom. The molecule has 21 heavy (non-hydrogen) atoms. The Hall–Kier alpha value is -2.43. The largest absolute Gasteiger partial charge is 0.478 e. The molecular weight excluding hydrogens is 271 g/mol. The van der Waals surface area contributed by atoms with Gasteiger partial charge in [0.1, 0.15) is 11.6 Å². The van der Waals surface area contributed by atoms with Crippen molar-refractivity contribution in [2.24, 2.45) is 0 Å². The summed E-state index contributed by atoms with van der Waals surface area (Å²) in [4.78, 5) is 17.2. The van der Waals surface area contributed by atoms with E-state index in [2.05, 4.69) is 4.98 Å². The van der Waals surface area contributed by atoms with Gasteiger partial charge in [-0.3, -0.25) is 0 Å². The first-order valence-corrected chi connectivity index (χ1v) is 6.59. The van der Waals surface area contributed by atoms with Gasteiger partial charge < -0.3 is 10.0 Å². The Morgan fingerprint density at radius 3 is 2.62 bits per heavy atom. The molecule has 0 fully saturated rings. The molecule has 1 atom stereocenters. The Morgan fingerprint density at radius 2 is 2.00 bits per heavy atom. The van der Waals surface area contributed by atoms with Crippen LogP contribution in [0.4, 0.5) is 10.2 Å². The molecule has 0 aliphatic heterocycles. The molecule has 110 valence electrons. The molecule has 0 spiro atoms. The molecule has 0 amide bonds. The first kappa shape index (κ1) is 15.0. The summed E-state index contributed by atoms with van der Waals surface area (Å²) in [7, 11) is 1.77. The van der Waals surface area contributed by atoms with Crippen LogP contribution in [-0.2, 0) is 0 Å². The van der Waals surface area contributed by atoms with Crippen molar-refractivity contribution in [1.82, 2.24) is 4.98 Å². The molecule has 0 bridgehead atoms. The monoisotopic (exact) mass is 288 g/mol. The minimum Gasteiger partial charge on any atom is -0.478 e. The van der Waals surface area contributed by atoms with Crippen molar-refractivity contribution in [2.45, 2.75) is 19.9 Å². The fourth-order valence-electron chi connectivity index (χ4n) is 2.18.